The van der Waals surface area contributed by atoms with E-state index in [1.165, 1.54) is 0 Å². The molecule has 5 nitrogen and oxygen atoms in total. The maximum Gasteiger partial charge on any atom is 0.170 e. The summed E-state index contributed by atoms with van der Waals surface area (Å²) in [6.45, 7) is 2.37. The van der Waals surface area contributed by atoms with Crippen molar-refractivity contribution in [3.8, 4) is 0 Å². The number of nitrogens with two attached hydrogens (primary N) is 1. The van der Waals surface area contributed by atoms with E-state index in [0.717, 1.165) is 37.9 Å². The van der Waals surface area contributed by atoms with Crippen LogP contribution < -0.4 is 5.73 Å². The summed E-state index contributed by atoms with van der Waals surface area (Å²) >= 11 is 0. The first-order valence-electron chi connectivity index (χ1n) is 7.82. The molecule has 2 fully saturated rings. The lowest BCUT2D eigenvalue weighted by molar-refractivity contribution is -0.190. The summed E-state index contributed by atoms with van der Waals surface area (Å²) in [5, 5.41) is 0. The van der Waals surface area contributed by atoms with E-state index in [0.29, 0.717) is 19.3 Å². The fourth-order valence-electron chi connectivity index (χ4n) is 3.40. The number of rotatable bonds is 4. The van der Waals surface area contributed by atoms with E-state index in [1.807, 2.05) is 18.3 Å². The molecule has 0 radical (unpaired) electrons. The van der Waals surface area contributed by atoms with Gasteiger partial charge >= 0.3 is 0 Å². The molecule has 0 bridgehead atoms. The van der Waals surface area contributed by atoms with E-state index in [-0.39, 0.29) is 11.8 Å². The van der Waals surface area contributed by atoms with Crippen molar-refractivity contribution in [2.24, 2.45) is 5.73 Å². The number of hydrogen-bond acceptors (Lipinski definition) is 5. The molecule has 3 rings (SSSR count). The summed E-state index contributed by atoms with van der Waals surface area (Å²) in [6.07, 6.45) is 5.52. The maximum atomic E-state index is 6.33. The molecule has 21 heavy (non-hydrogen) atoms. The van der Waals surface area contributed by atoms with Crippen molar-refractivity contribution in [1.29, 1.82) is 0 Å². The number of ether oxygens (including phenoxy) is 2. The van der Waals surface area contributed by atoms with E-state index >= 15 is 0 Å². The van der Waals surface area contributed by atoms with Crippen LogP contribution in [0.15, 0.2) is 24.4 Å². The largest absolute Gasteiger partial charge is 0.347 e. The van der Waals surface area contributed by atoms with E-state index in [2.05, 4.69) is 23.0 Å². The van der Waals surface area contributed by atoms with Gasteiger partial charge in [0.25, 0.3) is 0 Å². The predicted molar refractivity (Wildman–Crippen MR) is 80.8 cm³/mol. The van der Waals surface area contributed by atoms with Crippen LogP contribution in [0.3, 0.4) is 0 Å². The first kappa shape index (κ1) is 14.9. The lowest BCUT2D eigenvalue weighted by Crippen LogP contribution is -2.55. The Balaban J connectivity index is 1.58. The van der Waals surface area contributed by atoms with Gasteiger partial charge in [0.05, 0.1) is 13.2 Å². The second-order valence-corrected chi connectivity index (χ2v) is 6.13. The smallest absolute Gasteiger partial charge is 0.170 e. The molecular formula is C16H25N3O2. The molecule has 2 atom stereocenters. The number of nitrogens with zero attached hydrogens (tertiary/aromatic N) is 2. The molecule has 2 aliphatic rings. The van der Waals surface area contributed by atoms with E-state index in [4.69, 9.17) is 15.2 Å². The molecule has 1 aliphatic heterocycles. The lowest BCUT2D eigenvalue weighted by atomic mass is 9.85. The Morgan fingerprint density at radius 3 is 2.90 bits per heavy atom. The molecule has 2 heterocycles. The normalized spacial score (nSPS) is 28.3. The van der Waals surface area contributed by atoms with Gasteiger partial charge in [0, 0.05) is 49.8 Å². The van der Waals surface area contributed by atoms with Crippen molar-refractivity contribution in [3.63, 3.8) is 0 Å². The molecular weight excluding hydrogens is 266 g/mol. The Hall–Kier alpha value is -1.01. The minimum absolute atomic E-state index is 0.192. The second kappa shape index (κ2) is 6.40. The van der Waals surface area contributed by atoms with Crippen LogP contribution in [0.2, 0.25) is 0 Å². The summed E-state index contributed by atoms with van der Waals surface area (Å²) in [6, 6.07) is 6.55. The van der Waals surface area contributed by atoms with E-state index < -0.39 is 0 Å². The molecule has 1 saturated carbocycles. The van der Waals surface area contributed by atoms with Crippen molar-refractivity contribution >= 4 is 0 Å². The van der Waals surface area contributed by atoms with Gasteiger partial charge in [0.1, 0.15) is 0 Å². The molecule has 2 N–H and O–H groups in total. The highest BCUT2D eigenvalue weighted by molar-refractivity contribution is 5.04. The zero-order valence-electron chi connectivity index (χ0n) is 12.7. The number of hydrogen-bond donors (Lipinski definition) is 1. The first-order chi connectivity index (χ1) is 10.2. The van der Waals surface area contributed by atoms with Crippen molar-refractivity contribution < 1.29 is 9.47 Å². The van der Waals surface area contributed by atoms with Crippen LogP contribution in [0.1, 0.15) is 25.0 Å². The topological polar surface area (TPSA) is 60.6 Å². The SMILES string of the molecule is CN(CCc1ccccn1)C1CC2(CCC1N)OCCO2. The molecule has 1 saturated heterocycles. The van der Waals surface area contributed by atoms with Gasteiger partial charge in [-0.05, 0) is 25.6 Å². The highest BCUT2D eigenvalue weighted by atomic mass is 16.7. The summed E-state index contributed by atoms with van der Waals surface area (Å²) < 4.78 is 11.7. The molecule has 0 aromatic carbocycles. The predicted octanol–water partition coefficient (Wildman–Crippen LogP) is 1.18. The number of likely N-dealkylation sites (N-methyl/N-ethyl adjacent to an activating group) is 1. The molecule has 2 unspecified atom stereocenters. The van der Waals surface area contributed by atoms with Crippen LogP contribution in [0.25, 0.3) is 0 Å². The zero-order valence-corrected chi connectivity index (χ0v) is 12.7. The third-order valence-electron chi connectivity index (χ3n) is 4.70. The van der Waals surface area contributed by atoms with Crippen LogP contribution in [-0.4, -0.2) is 54.6 Å². The van der Waals surface area contributed by atoms with Crippen LogP contribution in [0, 0.1) is 0 Å². The molecule has 0 amide bonds. The highest BCUT2D eigenvalue weighted by Gasteiger charge is 2.45. The van der Waals surface area contributed by atoms with Gasteiger partial charge in [0.15, 0.2) is 5.79 Å². The van der Waals surface area contributed by atoms with Crippen LogP contribution in [-0.2, 0) is 15.9 Å². The quantitative estimate of drug-likeness (QED) is 0.902. The number of pyridine rings is 1. The molecule has 1 aromatic rings. The number of aromatic nitrogens is 1. The fourth-order valence-corrected chi connectivity index (χ4v) is 3.40. The standard InChI is InChI=1S/C16H25N3O2/c1-19(9-6-13-4-2-3-8-18-13)15-12-16(7-5-14(15)17)20-10-11-21-16/h2-4,8,14-15H,5-7,9-12,17H2,1H3. The third-order valence-corrected chi connectivity index (χ3v) is 4.70. The van der Waals surface area contributed by atoms with Crippen molar-refractivity contribution in [3.05, 3.63) is 30.1 Å². The van der Waals surface area contributed by atoms with Crippen molar-refractivity contribution in [1.82, 2.24) is 9.88 Å². The van der Waals surface area contributed by atoms with E-state index in [1.54, 1.807) is 0 Å². The lowest BCUT2D eigenvalue weighted by Gasteiger charge is -2.43. The average Bonchev–Trinajstić information content (AvgIpc) is 2.97. The first-order valence-corrected chi connectivity index (χ1v) is 7.82. The second-order valence-electron chi connectivity index (χ2n) is 6.13. The molecule has 5 heteroatoms. The van der Waals surface area contributed by atoms with Gasteiger partial charge in [-0.3, -0.25) is 4.98 Å². The Kier molecular flexibility index (Phi) is 4.54. The summed E-state index contributed by atoms with van der Waals surface area (Å²) in [7, 11) is 2.14. The maximum absolute atomic E-state index is 6.33. The fraction of sp³-hybridized carbons (Fsp3) is 0.688. The van der Waals surface area contributed by atoms with Crippen LogP contribution in [0.5, 0.6) is 0 Å². The summed E-state index contributed by atoms with van der Waals surface area (Å²) in [5.41, 5.74) is 7.45. The summed E-state index contributed by atoms with van der Waals surface area (Å²) in [4.78, 5) is 6.72. The Morgan fingerprint density at radius 2 is 2.19 bits per heavy atom. The highest BCUT2D eigenvalue weighted by Crippen LogP contribution is 2.36. The molecule has 1 spiro atoms. The molecule has 1 aliphatic carbocycles. The summed E-state index contributed by atoms with van der Waals surface area (Å²) in [5.74, 6) is -0.375. The van der Waals surface area contributed by atoms with Gasteiger partial charge in [-0.2, -0.15) is 0 Å². The van der Waals surface area contributed by atoms with Gasteiger partial charge in [-0.15, -0.1) is 0 Å². The van der Waals surface area contributed by atoms with E-state index in [9.17, 15) is 0 Å². The zero-order chi connectivity index (χ0) is 14.7. The Bertz CT molecular complexity index is 448. The monoisotopic (exact) mass is 291 g/mol. The van der Waals surface area contributed by atoms with Gasteiger partial charge in [0.2, 0.25) is 0 Å². The van der Waals surface area contributed by atoms with Crippen LogP contribution in [0.4, 0.5) is 0 Å². The average molecular weight is 291 g/mol. The molecule has 1 aromatic heterocycles. The Labute approximate surface area is 126 Å². The third kappa shape index (κ3) is 3.43. The van der Waals surface area contributed by atoms with Crippen molar-refractivity contribution in [2.75, 3.05) is 26.8 Å². The minimum atomic E-state index is -0.375. The van der Waals surface area contributed by atoms with Gasteiger partial charge in [-0.1, -0.05) is 6.07 Å². The Morgan fingerprint density at radius 1 is 1.38 bits per heavy atom. The molecule has 116 valence electrons. The van der Waals surface area contributed by atoms with Crippen molar-refractivity contribution in [2.45, 2.75) is 43.6 Å². The van der Waals surface area contributed by atoms with Crippen LogP contribution >= 0.6 is 0 Å². The van der Waals surface area contributed by atoms with Gasteiger partial charge < -0.3 is 20.1 Å². The van der Waals surface area contributed by atoms with Gasteiger partial charge in [-0.25, -0.2) is 0 Å². The minimum Gasteiger partial charge on any atom is -0.347 e.